The summed E-state index contributed by atoms with van der Waals surface area (Å²) in [6, 6.07) is 6.91. The summed E-state index contributed by atoms with van der Waals surface area (Å²) in [5.41, 5.74) is 0.675. The number of halogens is 1. The van der Waals surface area contributed by atoms with Crippen molar-refractivity contribution in [1.82, 2.24) is 9.03 Å². The van der Waals surface area contributed by atoms with Crippen LogP contribution < -0.4 is 11.1 Å². The van der Waals surface area contributed by atoms with Gasteiger partial charge in [-0.3, -0.25) is 9.59 Å². The fourth-order valence-corrected chi connectivity index (χ4v) is 2.61. The van der Waals surface area contributed by atoms with E-state index in [9.17, 15) is 9.59 Å². The van der Waals surface area contributed by atoms with Gasteiger partial charge >= 0.3 is 0 Å². The van der Waals surface area contributed by atoms with Gasteiger partial charge in [0.15, 0.2) is 5.69 Å². The predicted molar refractivity (Wildman–Crippen MR) is 86.9 cm³/mol. The quantitative estimate of drug-likeness (QED) is 0.577. The highest BCUT2D eigenvalue weighted by molar-refractivity contribution is 7.80. The largest absolute Gasteiger partial charge is 0.299 e. The lowest BCUT2D eigenvalue weighted by Gasteiger charge is -1.94. The average Bonchev–Trinajstić information content (AvgIpc) is 2.87. The second-order valence-electron chi connectivity index (χ2n) is 4.75. The van der Waals surface area contributed by atoms with Crippen LogP contribution >= 0.6 is 24.2 Å². The highest BCUT2D eigenvalue weighted by atomic mass is 35.5. The van der Waals surface area contributed by atoms with E-state index in [1.807, 2.05) is 0 Å². The van der Waals surface area contributed by atoms with Crippen LogP contribution in [0, 0.1) is 13.8 Å². The van der Waals surface area contributed by atoms with E-state index in [-0.39, 0.29) is 16.1 Å². The molecule has 0 fully saturated rings. The van der Waals surface area contributed by atoms with Gasteiger partial charge in [0.25, 0.3) is 11.1 Å². The molecule has 6 nitrogen and oxygen atoms in total. The van der Waals surface area contributed by atoms with Gasteiger partial charge in [0.05, 0.1) is 21.3 Å². The van der Waals surface area contributed by atoms with Gasteiger partial charge in [-0.2, -0.15) is 0 Å². The molecule has 0 saturated heterocycles. The first-order chi connectivity index (χ1) is 10.4. The lowest BCUT2D eigenvalue weighted by Crippen LogP contribution is -2.15. The monoisotopic (exact) mass is 334 g/mol. The Morgan fingerprint density at radius 3 is 2.27 bits per heavy atom. The summed E-state index contributed by atoms with van der Waals surface area (Å²) in [6.45, 7) is 3.29. The number of fused-ring (bicyclic) bond motifs is 1. The second kappa shape index (κ2) is 5.26. The first kappa shape index (κ1) is 14.8. The third kappa shape index (κ3) is 2.05. The minimum absolute atomic E-state index is 0.105. The fraction of sp³-hybridized carbons (Fsp3) is 0.143. The molecule has 2 aromatic heterocycles. The number of azo groups is 1. The lowest BCUT2D eigenvalue weighted by atomic mass is 10.3. The summed E-state index contributed by atoms with van der Waals surface area (Å²) in [4.78, 5) is 24.8. The third-order valence-electron chi connectivity index (χ3n) is 3.42. The maximum Gasteiger partial charge on any atom is 0.299 e. The van der Waals surface area contributed by atoms with Gasteiger partial charge in [-0.15, -0.1) is 22.9 Å². The van der Waals surface area contributed by atoms with E-state index in [0.29, 0.717) is 22.1 Å². The van der Waals surface area contributed by atoms with Gasteiger partial charge in [0.2, 0.25) is 0 Å². The molecule has 112 valence electrons. The van der Waals surface area contributed by atoms with Crippen LogP contribution in [0.4, 0.5) is 11.4 Å². The molecule has 0 saturated carbocycles. The average molecular weight is 335 g/mol. The van der Waals surface area contributed by atoms with Gasteiger partial charge in [-0.05, 0) is 26.0 Å². The van der Waals surface area contributed by atoms with E-state index < -0.39 is 5.56 Å². The lowest BCUT2D eigenvalue weighted by molar-refractivity contribution is 0.768. The highest BCUT2D eigenvalue weighted by Crippen LogP contribution is 2.26. The van der Waals surface area contributed by atoms with Crippen molar-refractivity contribution in [2.75, 3.05) is 0 Å². The number of aromatic nitrogens is 2. The van der Waals surface area contributed by atoms with Gasteiger partial charge in [-0.1, -0.05) is 23.7 Å². The summed E-state index contributed by atoms with van der Waals surface area (Å²) < 4.78 is 2.50. The van der Waals surface area contributed by atoms with Crippen molar-refractivity contribution in [2.24, 2.45) is 10.2 Å². The van der Waals surface area contributed by atoms with Gasteiger partial charge in [0.1, 0.15) is 5.69 Å². The van der Waals surface area contributed by atoms with Crippen LogP contribution in [0.3, 0.4) is 0 Å². The molecule has 0 radical (unpaired) electrons. The Hall–Kier alpha value is -2.12. The van der Waals surface area contributed by atoms with Crippen LogP contribution in [-0.2, 0) is 0 Å². The summed E-state index contributed by atoms with van der Waals surface area (Å²) in [5, 5.41) is 8.41. The Morgan fingerprint density at radius 2 is 1.64 bits per heavy atom. The molecule has 0 atom stereocenters. The molecule has 0 unspecified atom stereocenters. The molecule has 0 aliphatic carbocycles. The zero-order valence-corrected chi connectivity index (χ0v) is 13.4. The van der Waals surface area contributed by atoms with Crippen LogP contribution in [0.1, 0.15) is 11.4 Å². The van der Waals surface area contributed by atoms with E-state index in [1.165, 1.54) is 9.03 Å². The van der Waals surface area contributed by atoms with Gasteiger partial charge < -0.3 is 0 Å². The number of hydrogen-bond acceptors (Lipinski definition) is 5. The van der Waals surface area contributed by atoms with Gasteiger partial charge in [-0.25, -0.2) is 9.03 Å². The Kier molecular flexibility index (Phi) is 3.54. The van der Waals surface area contributed by atoms with Crippen LogP contribution in [0.15, 0.2) is 49.0 Å². The third-order valence-corrected chi connectivity index (χ3v) is 4.26. The van der Waals surface area contributed by atoms with E-state index in [0.717, 1.165) is 0 Å². The first-order valence-corrected chi connectivity index (χ1v) is 7.22. The molecule has 8 heteroatoms. The molecule has 0 N–H and O–H groups in total. The van der Waals surface area contributed by atoms with Crippen molar-refractivity contribution >= 4 is 35.6 Å². The SMILES string of the molecule is Cc1c(N=Nc2ccccc2Cl)c(=O)n2c(C)c(S)c(=O)n12. The van der Waals surface area contributed by atoms with Crippen molar-refractivity contribution < 1.29 is 0 Å². The molecule has 3 rings (SSSR count). The first-order valence-electron chi connectivity index (χ1n) is 6.39. The van der Waals surface area contributed by atoms with Crippen molar-refractivity contribution in [3.05, 3.63) is 61.4 Å². The topological polar surface area (TPSA) is 67.7 Å². The highest BCUT2D eigenvalue weighted by Gasteiger charge is 2.20. The molecule has 0 amide bonds. The van der Waals surface area contributed by atoms with Crippen molar-refractivity contribution in [1.29, 1.82) is 0 Å². The van der Waals surface area contributed by atoms with E-state index in [1.54, 1.807) is 38.1 Å². The molecule has 0 aliphatic heterocycles. The molecule has 0 spiro atoms. The zero-order valence-electron chi connectivity index (χ0n) is 11.7. The van der Waals surface area contributed by atoms with E-state index >= 15 is 0 Å². The Balaban J connectivity index is 2.22. The predicted octanol–water partition coefficient (Wildman–Crippen LogP) is 3.17. The maximum atomic E-state index is 12.4. The number of hydrogen-bond donors (Lipinski definition) is 1. The number of thiol groups is 1. The molecule has 2 heterocycles. The minimum atomic E-state index is -0.414. The molecule has 1 aromatic carbocycles. The summed E-state index contributed by atoms with van der Waals surface area (Å²) in [5.74, 6) is 0. The van der Waals surface area contributed by atoms with Crippen molar-refractivity contribution in [3.8, 4) is 0 Å². The number of nitrogens with zero attached hydrogens (tertiary/aromatic N) is 4. The van der Waals surface area contributed by atoms with Gasteiger partial charge in [0, 0.05) is 0 Å². The molecular weight excluding hydrogens is 324 g/mol. The molecule has 3 aromatic rings. The molecule has 22 heavy (non-hydrogen) atoms. The number of benzene rings is 1. The van der Waals surface area contributed by atoms with E-state index in [2.05, 4.69) is 22.9 Å². The summed E-state index contributed by atoms with van der Waals surface area (Å²) in [7, 11) is 0. The Morgan fingerprint density at radius 1 is 1.00 bits per heavy atom. The summed E-state index contributed by atoms with van der Waals surface area (Å²) in [6.07, 6.45) is 0. The number of rotatable bonds is 2. The van der Waals surface area contributed by atoms with Crippen LogP contribution in [-0.4, -0.2) is 9.03 Å². The fourth-order valence-electron chi connectivity index (χ4n) is 2.25. The van der Waals surface area contributed by atoms with Crippen molar-refractivity contribution in [2.45, 2.75) is 18.7 Å². The van der Waals surface area contributed by atoms with Crippen LogP contribution in [0.2, 0.25) is 5.02 Å². The van der Waals surface area contributed by atoms with E-state index in [4.69, 9.17) is 11.6 Å². The minimum Gasteiger partial charge on any atom is -0.266 e. The van der Waals surface area contributed by atoms with Crippen molar-refractivity contribution in [3.63, 3.8) is 0 Å². The smallest absolute Gasteiger partial charge is 0.266 e. The molecular formula is C14H11ClN4O2S. The Labute approximate surface area is 135 Å². The number of aryl methyl sites for hydroxylation is 2. The normalized spacial score (nSPS) is 11.8. The Bertz CT molecular complexity index is 1020. The molecule has 0 bridgehead atoms. The van der Waals surface area contributed by atoms with Crippen LogP contribution in [0.25, 0.3) is 0 Å². The maximum absolute atomic E-state index is 12.4. The standard InChI is InChI=1S/C14H11ClN4O2S/c1-7-11(17-16-10-6-4-3-5-9(10)15)13(20)19-8(2)12(22)14(21)18(7)19/h3-6,22H,1-2H3. The zero-order chi connectivity index (χ0) is 16.0. The molecule has 0 aliphatic rings. The second-order valence-corrected chi connectivity index (χ2v) is 5.61. The summed E-state index contributed by atoms with van der Waals surface area (Å²) >= 11 is 10.1. The van der Waals surface area contributed by atoms with Crippen LogP contribution in [0.5, 0.6) is 0 Å².